The van der Waals surface area contributed by atoms with Gasteiger partial charge >= 0.3 is 6.18 Å². The smallest absolute Gasteiger partial charge is 0.322 e. The van der Waals surface area contributed by atoms with Crippen molar-refractivity contribution in [2.45, 2.75) is 13.1 Å². The number of carbonyl (C=O) groups excluding carboxylic acids is 1. The monoisotopic (exact) mass is 310 g/mol. The number of hydrogen-bond donors (Lipinski definition) is 1. The van der Waals surface area contributed by atoms with E-state index in [-0.39, 0.29) is 5.69 Å². The van der Waals surface area contributed by atoms with E-state index >= 15 is 0 Å². The molecule has 0 radical (unpaired) electrons. The van der Waals surface area contributed by atoms with E-state index in [1.807, 2.05) is 0 Å². The van der Waals surface area contributed by atoms with Crippen molar-refractivity contribution in [2.75, 3.05) is 5.32 Å². The summed E-state index contributed by atoms with van der Waals surface area (Å²) in [6, 6.07) is 4.56. The van der Waals surface area contributed by atoms with Gasteiger partial charge in [0.05, 0.1) is 22.8 Å². The lowest BCUT2D eigenvalue weighted by Gasteiger charge is -2.11. The summed E-state index contributed by atoms with van der Waals surface area (Å²) in [5.74, 6) is -0.480. The first-order valence-electron chi connectivity index (χ1n) is 5.78. The number of nitriles is 1. The number of rotatable bonds is 2. The third-order valence-corrected chi connectivity index (χ3v) is 3.66. The van der Waals surface area contributed by atoms with Gasteiger partial charge in [-0.25, -0.2) is 0 Å². The molecule has 1 aromatic carbocycles. The van der Waals surface area contributed by atoms with E-state index in [1.54, 1.807) is 17.7 Å². The van der Waals surface area contributed by atoms with E-state index in [2.05, 4.69) is 5.32 Å². The zero-order chi connectivity index (χ0) is 15.6. The third kappa shape index (κ3) is 3.23. The summed E-state index contributed by atoms with van der Waals surface area (Å²) < 4.78 is 38.5. The molecule has 0 aliphatic rings. The van der Waals surface area contributed by atoms with Gasteiger partial charge in [0.15, 0.2) is 0 Å². The summed E-state index contributed by atoms with van der Waals surface area (Å²) in [6.07, 6.45) is -4.65. The Labute approximate surface area is 122 Å². The molecule has 0 atom stereocenters. The topological polar surface area (TPSA) is 52.9 Å². The first-order chi connectivity index (χ1) is 9.82. The van der Waals surface area contributed by atoms with Gasteiger partial charge in [0, 0.05) is 11.1 Å². The molecule has 0 saturated carbocycles. The van der Waals surface area contributed by atoms with Gasteiger partial charge in [0.2, 0.25) is 0 Å². The summed E-state index contributed by atoms with van der Waals surface area (Å²) >= 11 is 1.33. The van der Waals surface area contributed by atoms with Gasteiger partial charge in [-0.2, -0.15) is 29.8 Å². The zero-order valence-electron chi connectivity index (χ0n) is 10.8. The van der Waals surface area contributed by atoms with Gasteiger partial charge < -0.3 is 5.32 Å². The van der Waals surface area contributed by atoms with Crippen LogP contribution in [-0.2, 0) is 6.18 Å². The molecule has 0 fully saturated rings. The van der Waals surface area contributed by atoms with Gasteiger partial charge in [-0.1, -0.05) is 0 Å². The Bertz CT molecular complexity index is 729. The van der Waals surface area contributed by atoms with E-state index in [9.17, 15) is 18.0 Å². The molecule has 2 rings (SSSR count). The van der Waals surface area contributed by atoms with Crippen molar-refractivity contribution < 1.29 is 18.0 Å². The van der Waals surface area contributed by atoms with Crippen molar-refractivity contribution >= 4 is 22.9 Å². The van der Waals surface area contributed by atoms with Crippen LogP contribution < -0.4 is 5.32 Å². The Morgan fingerprint density at radius 1 is 1.33 bits per heavy atom. The quantitative estimate of drug-likeness (QED) is 0.904. The maximum atomic E-state index is 12.8. The van der Waals surface area contributed by atoms with Crippen molar-refractivity contribution in [3.05, 3.63) is 51.2 Å². The van der Waals surface area contributed by atoms with Crippen LogP contribution in [0.1, 0.15) is 27.0 Å². The molecule has 0 spiro atoms. The fourth-order valence-corrected chi connectivity index (χ4v) is 2.57. The van der Waals surface area contributed by atoms with Crippen LogP contribution in [0.5, 0.6) is 0 Å². The number of benzene rings is 1. The highest BCUT2D eigenvalue weighted by atomic mass is 32.1. The van der Waals surface area contributed by atoms with Crippen molar-refractivity contribution in [2.24, 2.45) is 0 Å². The van der Waals surface area contributed by atoms with E-state index in [1.165, 1.54) is 23.5 Å². The average Bonchev–Trinajstić information content (AvgIpc) is 2.84. The van der Waals surface area contributed by atoms with Crippen LogP contribution in [0.15, 0.2) is 29.0 Å². The number of aryl methyl sites for hydroxylation is 1. The molecule has 0 saturated heterocycles. The lowest BCUT2D eigenvalue weighted by Crippen LogP contribution is -2.14. The molecule has 0 unspecified atom stereocenters. The van der Waals surface area contributed by atoms with Crippen LogP contribution in [0.3, 0.4) is 0 Å². The minimum Gasteiger partial charge on any atom is -0.322 e. The predicted molar refractivity (Wildman–Crippen MR) is 73.2 cm³/mol. The Morgan fingerprint density at radius 3 is 2.57 bits per heavy atom. The second kappa shape index (κ2) is 5.58. The Hall–Kier alpha value is -2.33. The summed E-state index contributed by atoms with van der Waals surface area (Å²) in [5.41, 5.74) is -0.380. The SMILES string of the molecule is Cc1cscc1C(=O)Nc1ccc(C#N)c(C(F)(F)F)c1. The average molecular weight is 310 g/mol. The van der Waals surface area contributed by atoms with Crippen molar-refractivity contribution in [3.8, 4) is 6.07 Å². The molecule has 0 aliphatic carbocycles. The first-order valence-corrected chi connectivity index (χ1v) is 6.72. The van der Waals surface area contributed by atoms with Crippen LogP contribution in [0.4, 0.5) is 18.9 Å². The number of nitrogens with one attached hydrogen (secondary N) is 1. The standard InChI is InChI=1S/C14H9F3N2OS/c1-8-6-21-7-11(8)13(20)19-10-3-2-9(5-18)12(4-10)14(15,16)17/h2-4,6-7H,1H3,(H,19,20). The highest BCUT2D eigenvalue weighted by Gasteiger charge is 2.34. The normalized spacial score (nSPS) is 11.0. The number of hydrogen-bond acceptors (Lipinski definition) is 3. The number of halogens is 3. The molecule has 0 bridgehead atoms. The van der Waals surface area contributed by atoms with Crippen molar-refractivity contribution in [1.82, 2.24) is 0 Å². The minimum atomic E-state index is -4.65. The summed E-state index contributed by atoms with van der Waals surface area (Å²) in [5, 5.41) is 14.5. The maximum Gasteiger partial charge on any atom is 0.417 e. The number of alkyl halides is 3. The number of anilines is 1. The van der Waals surface area contributed by atoms with Crippen LogP contribution in [0.25, 0.3) is 0 Å². The summed E-state index contributed by atoms with van der Waals surface area (Å²) in [7, 11) is 0. The molecule has 1 amide bonds. The Morgan fingerprint density at radius 2 is 2.05 bits per heavy atom. The molecule has 1 aromatic heterocycles. The molecule has 1 N–H and O–H groups in total. The van der Waals surface area contributed by atoms with Gasteiger partial charge in [-0.15, -0.1) is 0 Å². The van der Waals surface area contributed by atoms with Crippen LogP contribution >= 0.6 is 11.3 Å². The van der Waals surface area contributed by atoms with Crippen molar-refractivity contribution in [3.63, 3.8) is 0 Å². The molecule has 1 heterocycles. The summed E-state index contributed by atoms with van der Waals surface area (Å²) in [4.78, 5) is 12.0. The predicted octanol–water partition coefficient (Wildman–Crippen LogP) is 4.20. The molecule has 3 nitrogen and oxygen atoms in total. The largest absolute Gasteiger partial charge is 0.417 e. The fourth-order valence-electron chi connectivity index (χ4n) is 1.75. The number of carbonyl (C=O) groups is 1. The molecule has 108 valence electrons. The lowest BCUT2D eigenvalue weighted by molar-refractivity contribution is -0.137. The minimum absolute atomic E-state index is 0.00285. The van der Waals surface area contributed by atoms with Gasteiger partial charge in [0.25, 0.3) is 5.91 Å². The molecule has 7 heteroatoms. The Balaban J connectivity index is 2.32. The second-order valence-electron chi connectivity index (χ2n) is 4.29. The molecular weight excluding hydrogens is 301 g/mol. The van der Waals surface area contributed by atoms with Gasteiger partial charge in [-0.05, 0) is 36.1 Å². The van der Waals surface area contributed by atoms with Gasteiger partial charge in [-0.3, -0.25) is 4.79 Å². The molecule has 0 aliphatic heterocycles. The number of thiophene rings is 1. The second-order valence-corrected chi connectivity index (χ2v) is 5.04. The zero-order valence-corrected chi connectivity index (χ0v) is 11.6. The highest BCUT2D eigenvalue weighted by molar-refractivity contribution is 7.08. The molecule has 2 aromatic rings. The van der Waals surface area contributed by atoms with Crippen LogP contribution in [-0.4, -0.2) is 5.91 Å². The molecular formula is C14H9F3N2OS. The third-order valence-electron chi connectivity index (χ3n) is 2.80. The molecule has 21 heavy (non-hydrogen) atoms. The van der Waals surface area contributed by atoms with Crippen LogP contribution in [0, 0.1) is 18.3 Å². The first kappa shape index (κ1) is 15.1. The van der Waals surface area contributed by atoms with Crippen LogP contribution in [0.2, 0.25) is 0 Å². The Kier molecular flexibility index (Phi) is 4.00. The number of amides is 1. The van der Waals surface area contributed by atoms with Gasteiger partial charge in [0.1, 0.15) is 0 Å². The lowest BCUT2D eigenvalue weighted by atomic mass is 10.1. The highest BCUT2D eigenvalue weighted by Crippen LogP contribution is 2.33. The number of nitrogens with zero attached hydrogens (tertiary/aromatic N) is 1. The van der Waals surface area contributed by atoms with E-state index in [4.69, 9.17) is 5.26 Å². The fraction of sp³-hybridized carbons (Fsp3) is 0.143. The van der Waals surface area contributed by atoms with Crippen molar-refractivity contribution in [1.29, 1.82) is 5.26 Å². The van der Waals surface area contributed by atoms with E-state index in [0.717, 1.165) is 17.7 Å². The maximum absolute atomic E-state index is 12.8. The summed E-state index contributed by atoms with van der Waals surface area (Å²) in [6.45, 7) is 1.74. The van der Waals surface area contributed by atoms with E-state index < -0.39 is 23.2 Å². The van der Waals surface area contributed by atoms with E-state index in [0.29, 0.717) is 5.56 Å².